The first-order chi connectivity index (χ1) is 12.0. The van der Waals surface area contributed by atoms with E-state index in [-0.39, 0.29) is 12.0 Å². The minimum absolute atomic E-state index is 0.0714. The van der Waals surface area contributed by atoms with E-state index in [9.17, 15) is 9.90 Å². The van der Waals surface area contributed by atoms with Gasteiger partial charge in [0.1, 0.15) is 0 Å². The number of nitrogens with zero attached hydrogens (tertiary/aromatic N) is 4. The number of amides is 1. The highest BCUT2D eigenvalue weighted by atomic mass is 16.3. The van der Waals surface area contributed by atoms with Crippen LogP contribution in [0.2, 0.25) is 0 Å². The van der Waals surface area contributed by atoms with E-state index in [2.05, 4.69) is 21.8 Å². The van der Waals surface area contributed by atoms with Gasteiger partial charge in [0, 0.05) is 38.6 Å². The minimum atomic E-state index is -0.314. The molecule has 2 aliphatic rings. The summed E-state index contributed by atoms with van der Waals surface area (Å²) < 4.78 is 0. The van der Waals surface area contributed by atoms with Crippen molar-refractivity contribution in [1.82, 2.24) is 14.8 Å². The van der Waals surface area contributed by atoms with Gasteiger partial charge in [0.05, 0.1) is 24.9 Å². The van der Waals surface area contributed by atoms with Crippen LogP contribution in [0.25, 0.3) is 0 Å². The van der Waals surface area contributed by atoms with Crippen LogP contribution < -0.4 is 0 Å². The Morgan fingerprint density at radius 1 is 1.28 bits per heavy atom. The predicted molar refractivity (Wildman–Crippen MR) is 98.5 cm³/mol. The van der Waals surface area contributed by atoms with Gasteiger partial charge in [-0.2, -0.15) is 5.10 Å². The van der Waals surface area contributed by atoms with Crippen molar-refractivity contribution in [2.45, 2.75) is 32.4 Å². The number of aliphatic hydroxyl groups excluding tert-OH is 1. The zero-order valence-corrected chi connectivity index (χ0v) is 15.1. The molecular formula is C19H28N4O2. The molecule has 0 radical (unpaired) electrons. The Morgan fingerprint density at radius 3 is 2.72 bits per heavy atom. The van der Waals surface area contributed by atoms with Crippen LogP contribution in [0.15, 0.2) is 35.4 Å². The van der Waals surface area contributed by atoms with Crippen molar-refractivity contribution in [3.8, 4) is 0 Å². The molecule has 0 aliphatic carbocycles. The highest BCUT2D eigenvalue weighted by Gasteiger charge is 2.28. The number of carbonyl (C=O) groups is 1. The normalized spacial score (nSPS) is 23.6. The molecule has 0 spiro atoms. The van der Waals surface area contributed by atoms with Crippen LogP contribution in [0.5, 0.6) is 0 Å². The number of β-amino-alcohol motifs (C(OH)–C–C–N with tert-alkyl or cyclic N) is 1. The molecule has 136 valence electrons. The number of benzene rings is 1. The molecule has 3 rings (SSSR count). The Labute approximate surface area is 149 Å². The first-order valence-corrected chi connectivity index (χ1v) is 9.10. The lowest BCUT2D eigenvalue weighted by Crippen LogP contribution is -2.55. The lowest BCUT2D eigenvalue weighted by molar-refractivity contribution is -0.132. The maximum Gasteiger partial charge on any atom is 0.256 e. The summed E-state index contributed by atoms with van der Waals surface area (Å²) in [6.07, 6.45) is 0.500. The molecule has 0 bridgehead atoms. The fourth-order valence-electron chi connectivity index (χ4n) is 3.57. The second-order valence-corrected chi connectivity index (χ2v) is 7.11. The molecule has 6 nitrogen and oxygen atoms in total. The summed E-state index contributed by atoms with van der Waals surface area (Å²) in [5.41, 5.74) is 2.09. The van der Waals surface area contributed by atoms with Gasteiger partial charge < -0.3 is 5.11 Å². The Morgan fingerprint density at radius 2 is 2.04 bits per heavy atom. The van der Waals surface area contributed by atoms with Crippen LogP contribution in [0.4, 0.5) is 0 Å². The van der Waals surface area contributed by atoms with E-state index in [0.717, 1.165) is 37.3 Å². The lowest BCUT2D eigenvalue weighted by Gasteiger charge is -2.40. The highest BCUT2D eigenvalue weighted by Crippen LogP contribution is 2.15. The zero-order chi connectivity index (χ0) is 17.8. The number of aliphatic hydroxyl groups is 1. The SMILES string of the molecule is CC(O)CN1CCN(CC(=O)N2CCC(c3ccccc3)=N2)CC1C. The maximum atomic E-state index is 12.6. The fraction of sp³-hybridized carbons (Fsp3) is 0.579. The van der Waals surface area contributed by atoms with Gasteiger partial charge in [-0.05, 0) is 19.4 Å². The smallest absolute Gasteiger partial charge is 0.256 e. The van der Waals surface area contributed by atoms with E-state index in [1.807, 2.05) is 37.3 Å². The molecule has 2 heterocycles. The first kappa shape index (κ1) is 18.0. The topological polar surface area (TPSA) is 59.4 Å². The highest BCUT2D eigenvalue weighted by molar-refractivity contribution is 6.02. The van der Waals surface area contributed by atoms with Crippen molar-refractivity contribution in [2.24, 2.45) is 5.10 Å². The second-order valence-electron chi connectivity index (χ2n) is 7.11. The summed E-state index contributed by atoms with van der Waals surface area (Å²) in [7, 11) is 0. The molecule has 2 atom stereocenters. The summed E-state index contributed by atoms with van der Waals surface area (Å²) in [6, 6.07) is 10.4. The van der Waals surface area contributed by atoms with Crippen LogP contribution in [-0.4, -0.2) is 82.9 Å². The predicted octanol–water partition coefficient (Wildman–Crippen LogP) is 1.01. The third-order valence-electron chi connectivity index (χ3n) is 4.90. The molecule has 0 aromatic heterocycles. The Kier molecular flexibility index (Phi) is 5.83. The standard InChI is InChI=1S/C19H28N4O2/c1-15-12-21(10-11-22(15)13-16(2)24)14-19(25)23-9-8-18(20-23)17-6-4-3-5-7-17/h3-7,15-16,24H,8-14H2,1-2H3. The number of rotatable bonds is 5. The number of carbonyl (C=O) groups excluding carboxylic acids is 1. The third-order valence-corrected chi connectivity index (χ3v) is 4.90. The molecule has 6 heteroatoms. The molecule has 2 aliphatic heterocycles. The molecule has 25 heavy (non-hydrogen) atoms. The van der Waals surface area contributed by atoms with Gasteiger partial charge in [0.25, 0.3) is 5.91 Å². The van der Waals surface area contributed by atoms with E-state index in [1.165, 1.54) is 0 Å². The van der Waals surface area contributed by atoms with Gasteiger partial charge in [0.2, 0.25) is 0 Å². The van der Waals surface area contributed by atoms with E-state index in [0.29, 0.717) is 25.7 Å². The van der Waals surface area contributed by atoms with E-state index >= 15 is 0 Å². The number of hydrazone groups is 1. The Bertz CT molecular complexity index is 617. The Hall–Kier alpha value is -1.76. The van der Waals surface area contributed by atoms with Crippen LogP contribution in [-0.2, 0) is 4.79 Å². The van der Waals surface area contributed by atoms with E-state index < -0.39 is 0 Å². The molecule has 1 saturated heterocycles. The summed E-state index contributed by atoms with van der Waals surface area (Å²) >= 11 is 0. The largest absolute Gasteiger partial charge is 0.392 e. The Balaban J connectivity index is 1.53. The van der Waals surface area contributed by atoms with Gasteiger partial charge >= 0.3 is 0 Å². The van der Waals surface area contributed by atoms with Gasteiger partial charge in [-0.1, -0.05) is 30.3 Å². The van der Waals surface area contributed by atoms with Crippen LogP contribution in [0.1, 0.15) is 25.8 Å². The van der Waals surface area contributed by atoms with Crippen molar-refractivity contribution in [3.63, 3.8) is 0 Å². The molecule has 1 N–H and O–H groups in total. The summed E-state index contributed by atoms with van der Waals surface area (Å²) in [5, 5.41) is 15.7. The summed E-state index contributed by atoms with van der Waals surface area (Å²) in [5.74, 6) is 0.0714. The van der Waals surface area contributed by atoms with Gasteiger partial charge in [0.15, 0.2) is 0 Å². The van der Waals surface area contributed by atoms with Gasteiger partial charge in [-0.3, -0.25) is 14.6 Å². The molecular weight excluding hydrogens is 316 g/mol. The van der Waals surface area contributed by atoms with Crippen molar-refractivity contribution in [2.75, 3.05) is 39.3 Å². The van der Waals surface area contributed by atoms with Crippen molar-refractivity contribution in [1.29, 1.82) is 0 Å². The summed E-state index contributed by atoms with van der Waals surface area (Å²) in [6.45, 7) is 8.34. The molecule has 2 unspecified atom stereocenters. The average Bonchev–Trinajstić information content (AvgIpc) is 3.08. The fourth-order valence-corrected chi connectivity index (χ4v) is 3.57. The van der Waals surface area contributed by atoms with Crippen molar-refractivity contribution in [3.05, 3.63) is 35.9 Å². The van der Waals surface area contributed by atoms with E-state index in [1.54, 1.807) is 5.01 Å². The number of piperazine rings is 1. The molecule has 0 saturated carbocycles. The monoisotopic (exact) mass is 344 g/mol. The second kappa shape index (κ2) is 8.08. The first-order valence-electron chi connectivity index (χ1n) is 9.10. The van der Waals surface area contributed by atoms with E-state index in [4.69, 9.17) is 0 Å². The number of hydrogen-bond acceptors (Lipinski definition) is 5. The molecule has 1 aromatic carbocycles. The molecule has 1 aromatic rings. The minimum Gasteiger partial charge on any atom is -0.392 e. The average molecular weight is 344 g/mol. The van der Waals surface area contributed by atoms with Crippen LogP contribution >= 0.6 is 0 Å². The maximum absolute atomic E-state index is 12.6. The number of hydrogen-bond donors (Lipinski definition) is 1. The molecule has 1 fully saturated rings. The van der Waals surface area contributed by atoms with Crippen LogP contribution in [0, 0.1) is 0 Å². The quantitative estimate of drug-likeness (QED) is 0.866. The molecule has 1 amide bonds. The third kappa shape index (κ3) is 4.66. The lowest BCUT2D eigenvalue weighted by atomic mass is 10.1. The van der Waals surface area contributed by atoms with Gasteiger partial charge in [-0.15, -0.1) is 0 Å². The van der Waals surface area contributed by atoms with Gasteiger partial charge in [-0.25, -0.2) is 5.01 Å². The zero-order valence-electron chi connectivity index (χ0n) is 15.1. The summed E-state index contributed by atoms with van der Waals surface area (Å²) in [4.78, 5) is 17.1. The van der Waals surface area contributed by atoms with Crippen molar-refractivity contribution < 1.29 is 9.90 Å². The van der Waals surface area contributed by atoms with Crippen LogP contribution in [0.3, 0.4) is 0 Å². The van der Waals surface area contributed by atoms with Crippen molar-refractivity contribution >= 4 is 11.6 Å².